The van der Waals surface area contributed by atoms with Gasteiger partial charge in [0.15, 0.2) is 0 Å². The van der Waals surface area contributed by atoms with Crippen LogP contribution in [-0.2, 0) is 9.59 Å². The average molecular weight is 383 g/mol. The molecule has 5 amide bonds. The normalized spacial score (nSPS) is 22.9. The lowest BCUT2D eigenvalue weighted by Crippen LogP contribution is -2.52. The van der Waals surface area contributed by atoms with Crippen molar-refractivity contribution in [1.82, 2.24) is 15.5 Å². The molecule has 8 nitrogen and oxygen atoms in total. The SMILES string of the molecule is O=C1CCC(NC(=O)c2ccc3c(c2)C(=O)N(C2CCCCC2)C3=O)C(=O)N1. The van der Waals surface area contributed by atoms with Crippen LogP contribution in [-0.4, -0.2) is 46.5 Å². The fourth-order valence-corrected chi connectivity index (χ4v) is 4.14. The van der Waals surface area contributed by atoms with Crippen molar-refractivity contribution in [2.45, 2.75) is 57.0 Å². The number of carbonyl (C=O) groups excluding carboxylic acids is 5. The molecule has 1 saturated heterocycles. The van der Waals surface area contributed by atoms with Gasteiger partial charge in [-0.15, -0.1) is 0 Å². The molecule has 2 heterocycles. The van der Waals surface area contributed by atoms with Gasteiger partial charge >= 0.3 is 0 Å². The quantitative estimate of drug-likeness (QED) is 0.761. The van der Waals surface area contributed by atoms with E-state index < -0.39 is 17.9 Å². The van der Waals surface area contributed by atoms with Crippen molar-refractivity contribution in [3.8, 4) is 0 Å². The summed E-state index contributed by atoms with van der Waals surface area (Å²) >= 11 is 0. The fraction of sp³-hybridized carbons (Fsp3) is 0.450. The van der Waals surface area contributed by atoms with Gasteiger partial charge in [-0.25, -0.2) is 0 Å². The van der Waals surface area contributed by atoms with Crippen molar-refractivity contribution in [2.24, 2.45) is 0 Å². The van der Waals surface area contributed by atoms with E-state index in [1.807, 2.05) is 0 Å². The lowest BCUT2D eigenvalue weighted by atomic mass is 9.94. The summed E-state index contributed by atoms with van der Waals surface area (Å²) in [5.74, 6) is -2.08. The van der Waals surface area contributed by atoms with Gasteiger partial charge in [0.2, 0.25) is 11.8 Å². The molecule has 1 atom stereocenters. The number of benzene rings is 1. The minimum Gasteiger partial charge on any atom is -0.340 e. The second kappa shape index (κ2) is 7.18. The molecular formula is C20H21N3O5. The van der Waals surface area contributed by atoms with E-state index >= 15 is 0 Å². The Bertz CT molecular complexity index is 888. The third-order valence-electron chi connectivity index (χ3n) is 5.66. The first-order chi connectivity index (χ1) is 13.5. The Morgan fingerprint density at radius 2 is 1.68 bits per heavy atom. The van der Waals surface area contributed by atoms with E-state index in [0.717, 1.165) is 32.1 Å². The molecule has 1 saturated carbocycles. The van der Waals surface area contributed by atoms with Crippen LogP contribution >= 0.6 is 0 Å². The molecule has 0 radical (unpaired) electrons. The maximum Gasteiger partial charge on any atom is 0.261 e. The van der Waals surface area contributed by atoms with Crippen LogP contribution in [0.15, 0.2) is 18.2 Å². The average Bonchev–Trinajstić information content (AvgIpc) is 2.94. The Labute approximate surface area is 161 Å². The predicted octanol–water partition coefficient (Wildman–Crippen LogP) is 1.15. The summed E-state index contributed by atoms with van der Waals surface area (Å²) < 4.78 is 0. The second-order valence-corrected chi connectivity index (χ2v) is 7.51. The Morgan fingerprint density at radius 3 is 2.39 bits per heavy atom. The monoisotopic (exact) mass is 383 g/mol. The first kappa shape index (κ1) is 18.3. The zero-order valence-corrected chi connectivity index (χ0v) is 15.3. The van der Waals surface area contributed by atoms with E-state index in [0.29, 0.717) is 5.56 Å². The number of hydrogen-bond donors (Lipinski definition) is 2. The summed E-state index contributed by atoms with van der Waals surface area (Å²) in [6.07, 6.45) is 5.13. The minimum atomic E-state index is -0.797. The third-order valence-corrected chi connectivity index (χ3v) is 5.66. The number of amides is 5. The predicted molar refractivity (Wildman–Crippen MR) is 97.5 cm³/mol. The number of rotatable bonds is 3. The highest BCUT2D eigenvalue weighted by Crippen LogP contribution is 2.31. The Morgan fingerprint density at radius 1 is 0.964 bits per heavy atom. The van der Waals surface area contributed by atoms with E-state index in [2.05, 4.69) is 10.6 Å². The molecule has 2 fully saturated rings. The molecule has 0 aromatic heterocycles. The molecule has 2 aliphatic heterocycles. The van der Waals surface area contributed by atoms with Crippen LogP contribution in [0.25, 0.3) is 0 Å². The molecule has 0 bridgehead atoms. The highest BCUT2D eigenvalue weighted by atomic mass is 16.2. The molecule has 2 N–H and O–H groups in total. The molecule has 8 heteroatoms. The zero-order valence-electron chi connectivity index (χ0n) is 15.3. The minimum absolute atomic E-state index is 0.0816. The van der Waals surface area contributed by atoms with Gasteiger partial charge in [-0.1, -0.05) is 19.3 Å². The van der Waals surface area contributed by atoms with Gasteiger partial charge in [-0.05, 0) is 37.5 Å². The van der Waals surface area contributed by atoms with Crippen LogP contribution in [0, 0.1) is 0 Å². The van der Waals surface area contributed by atoms with E-state index in [9.17, 15) is 24.0 Å². The molecule has 146 valence electrons. The number of nitrogens with one attached hydrogen (secondary N) is 2. The molecule has 1 aromatic carbocycles. The first-order valence-electron chi connectivity index (χ1n) is 9.62. The number of carbonyl (C=O) groups is 5. The Hall–Kier alpha value is -3.03. The molecule has 3 aliphatic rings. The van der Waals surface area contributed by atoms with Crippen LogP contribution in [0.4, 0.5) is 0 Å². The zero-order chi connectivity index (χ0) is 19.8. The molecule has 4 rings (SSSR count). The lowest BCUT2D eigenvalue weighted by Gasteiger charge is -2.29. The van der Waals surface area contributed by atoms with Crippen LogP contribution in [0.2, 0.25) is 0 Å². The van der Waals surface area contributed by atoms with Crippen LogP contribution in [0.5, 0.6) is 0 Å². The maximum atomic E-state index is 12.8. The van der Waals surface area contributed by atoms with E-state index in [4.69, 9.17) is 0 Å². The van der Waals surface area contributed by atoms with Crippen molar-refractivity contribution < 1.29 is 24.0 Å². The van der Waals surface area contributed by atoms with Gasteiger partial charge in [-0.2, -0.15) is 0 Å². The summed E-state index contributed by atoms with van der Waals surface area (Å²) in [5, 5.41) is 4.77. The van der Waals surface area contributed by atoms with Gasteiger partial charge in [0, 0.05) is 18.0 Å². The van der Waals surface area contributed by atoms with Crippen molar-refractivity contribution in [3.05, 3.63) is 34.9 Å². The van der Waals surface area contributed by atoms with Gasteiger partial charge in [0.25, 0.3) is 17.7 Å². The van der Waals surface area contributed by atoms with Crippen LogP contribution in [0.3, 0.4) is 0 Å². The van der Waals surface area contributed by atoms with Gasteiger partial charge in [-0.3, -0.25) is 34.2 Å². The lowest BCUT2D eigenvalue weighted by molar-refractivity contribution is -0.134. The summed E-state index contributed by atoms with van der Waals surface area (Å²) in [6, 6.07) is 3.52. The number of nitrogens with zero attached hydrogens (tertiary/aromatic N) is 1. The number of imide groups is 2. The molecule has 28 heavy (non-hydrogen) atoms. The molecular weight excluding hydrogens is 362 g/mol. The van der Waals surface area contributed by atoms with Crippen LogP contribution < -0.4 is 10.6 Å². The summed E-state index contributed by atoms with van der Waals surface area (Å²) in [6.45, 7) is 0. The largest absolute Gasteiger partial charge is 0.340 e. The Kier molecular flexibility index (Phi) is 4.70. The summed E-state index contributed by atoms with van der Waals surface area (Å²) in [4.78, 5) is 62.4. The fourth-order valence-electron chi connectivity index (χ4n) is 4.14. The van der Waals surface area contributed by atoms with Crippen molar-refractivity contribution in [2.75, 3.05) is 0 Å². The van der Waals surface area contributed by atoms with Crippen molar-refractivity contribution in [1.29, 1.82) is 0 Å². The summed E-state index contributed by atoms with van der Waals surface area (Å²) in [7, 11) is 0. The van der Waals surface area contributed by atoms with E-state index in [-0.39, 0.29) is 47.7 Å². The number of hydrogen-bond acceptors (Lipinski definition) is 5. The molecule has 0 spiro atoms. The highest BCUT2D eigenvalue weighted by molar-refractivity contribution is 6.22. The van der Waals surface area contributed by atoms with Crippen molar-refractivity contribution >= 4 is 29.5 Å². The van der Waals surface area contributed by atoms with Crippen LogP contribution in [0.1, 0.15) is 76.0 Å². The number of fused-ring (bicyclic) bond motifs is 1. The standard InChI is InChI=1S/C20H21N3O5/c24-16-9-8-15(18(26)22-16)21-17(25)11-6-7-13-14(10-11)20(28)23(19(13)27)12-4-2-1-3-5-12/h6-7,10,12,15H,1-5,8-9H2,(H,21,25)(H,22,24,26). The van der Waals surface area contributed by atoms with E-state index in [1.165, 1.54) is 23.1 Å². The highest BCUT2D eigenvalue weighted by Gasteiger charge is 2.40. The maximum absolute atomic E-state index is 12.8. The molecule has 1 aliphatic carbocycles. The first-order valence-corrected chi connectivity index (χ1v) is 9.62. The third kappa shape index (κ3) is 3.19. The Balaban J connectivity index is 1.52. The van der Waals surface area contributed by atoms with Gasteiger partial charge in [0.05, 0.1) is 11.1 Å². The van der Waals surface area contributed by atoms with Gasteiger partial charge in [0.1, 0.15) is 6.04 Å². The smallest absolute Gasteiger partial charge is 0.261 e. The van der Waals surface area contributed by atoms with E-state index in [1.54, 1.807) is 0 Å². The number of piperidine rings is 1. The molecule has 1 unspecified atom stereocenters. The molecule has 1 aromatic rings. The topological polar surface area (TPSA) is 113 Å². The summed E-state index contributed by atoms with van der Waals surface area (Å²) in [5.41, 5.74) is 0.745. The second-order valence-electron chi connectivity index (χ2n) is 7.51. The van der Waals surface area contributed by atoms with Gasteiger partial charge < -0.3 is 5.32 Å². The van der Waals surface area contributed by atoms with Crippen molar-refractivity contribution in [3.63, 3.8) is 0 Å².